The number of benzene rings is 4. The van der Waals surface area contributed by atoms with E-state index in [1.54, 1.807) is 42.1 Å². The molecule has 3 amide bonds. The van der Waals surface area contributed by atoms with Gasteiger partial charge in [-0.25, -0.2) is 0 Å². The SMILES string of the molecule is CCOc1cc(C(CS(C)=O)N(C)C(=O)c2cc(C3CCN(CC4CCN(Cc5ccc(Oc6ccc7c(C8CCC(=O)NC8=O)nn(C)c7c6)cc5)CC4)CC3)ccc2C=O)ccc1OC. The van der Waals surface area contributed by atoms with E-state index >= 15 is 0 Å². The van der Waals surface area contributed by atoms with Crippen molar-refractivity contribution in [3.63, 3.8) is 0 Å². The Morgan fingerprint density at radius 3 is 2.33 bits per heavy atom. The molecule has 3 aliphatic heterocycles. The van der Waals surface area contributed by atoms with Crippen LogP contribution in [0.4, 0.5) is 0 Å². The van der Waals surface area contributed by atoms with Crippen LogP contribution in [0.5, 0.6) is 23.0 Å². The largest absolute Gasteiger partial charge is 0.493 e. The number of amides is 3. The maximum atomic E-state index is 14.2. The Balaban J connectivity index is 0.810. The molecule has 3 saturated heterocycles. The average Bonchev–Trinajstić information content (AvgIpc) is 3.66. The second kappa shape index (κ2) is 21.4. The lowest BCUT2D eigenvalue weighted by Crippen LogP contribution is -2.41. The molecule has 3 aliphatic rings. The third-order valence-electron chi connectivity index (χ3n) is 13.8. The highest BCUT2D eigenvalue weighted by atomic mass is 32.2. The second-order valence-electron chi connectivity index (χ2n) is 18.2. The molecule has 3 atom stereocenters. The third kappa shape index (κ3) is 11.1. The number of hydrogen-bond acceptors (Lipinski definition) is 11. The minimum absolute atomic E-state index is 0.228. The molecular formula is C52H62N6O8S. The number of nitrogens with zero attached hydrogens (tertiary/aromatic N) is 5. The molecule has 15 heteroatoms. The summed E-state index contributed by atoms with van der Waals surface area (Å²) in [6.07, 6.45) is 7.41. The summed E-state index contributed by atoms with van der Waals surface area (Å²) < 4.78 is 31.9. The number of ether oxygens (including phenoxy) is 3. The van der Waals surface area contributed by atoms with Crippen LogP contribution < -0.4 is 19.5 Å². The number of aryl methyl sites for hydroxylation is 1. The monoisotopic (exact) mass is 930 g/mol. The van der Waals surface area contributed by atoms with Crippen molar-refractivity contribution in [2.75, 3.05) is 65.5 Å². The van der Waals surface area contributed by atoms with Crippen molar-refractivity contribution in [2.45, 2.75) is 69.9 Å². The molecule has 0 bridgehead atoms. The van der Waals surface area contributed by atoms with E-state index in [9.17, 15) is 23.4 Å². The molecule has 3 fully saturated rings. The molecule has 0 aliphatic carbocycles. The predicted molar refractivity (Wildman–Crippen MR) is 259 cm³/mol. The fourth-order valence-corrected chi connectivity index (χ4v) is 10.9. The van der Waals surface area contributed by atoms with Crippen molar-refractivity contribution in [1.82, 2.24) is 29.8 Å². The van der Waals surface area contributed by atoms with Crippen LogP contribution in [0.3, 0.4) is 0 Å². The van der Waals surface area contributed by atoms with E-state index in [0.29, 0.717) is 59.4 Å². The summed E-state index contributed by atoms with van der Waals surface area (Å²) in [5.74, 6) is 2.44. The van der Waals surface area contributed by atoms with Crippen LogP contribution in [0, 0.1) is 5.92 Å². The van der Waals surface area contributed by atoms with Gasteiger partial charge in [-0.2, -0.15) is 5.10 Å². The third-order valence-corrected chi connectivity index (χ3v) is 14.5. The van der Waals surface area contributed by atoms with E-state index < -0.39 is 22.8 Å². The van der Waals surface area contributed by atoms with E-state index in [4.69, 9.17) is 14.2 Å². The molecule has 3 unspecified atom stereocenters. The minimum Gasteiger partial charge on any atom is -0.493 e. The average molecular weight is 931 g/mol. The molecule has 0 spiro atoms. The number of piperidine rings is 3. The van der Waals surface area contributed by atoms with E-state index in [1.807, 2.05) is 68.6 Å². The zero-order chi connectivity index (χ0) is 47.2. The second-order valence-corrected chi connectivity index (χ2v) is 19.7. The van der Waals surface area contributed by atoms with Gasteiger partial charge >= 0.3 is 0 Å². The maximum Gasteiger partial charge on any atom is 0.254 e. The lowest BCUT2D eigenvalue weighted by Gasteiger charge is -2.38. The topological polar surface area (TPSA) is 153 Å². The van der Waals surface area contributed by atoms with Crippen LogP contribution in [0.15, 0.2) is 78.9 Å². The number of aromatic nitrogens is 2. The molecule has 0 radical (unpaired) electrons. The predicted octanol–water partition coefficient (Wildman–Crippen LogP) is 7.39. The van der Waals surface area contributed by atoms with Gasteiger partial charge in [-0.05, 0) is 136 Å². The van der Waals surface area contributed by atoms with Crippen molar-refractivity contribution in [1.29, 1.82) is 0 Å². The Labute approximate surface area is 395 Å². The van der Waals surface area contributed by atoms with Crippen molar-refractivity contribution in [3.8, 4) is 23.0 Å². The molecule has 354 valence electrons. The van der Waals surface area contributed by atoms with Gasteiger partial charge in [0, 0.05) is 73.4 Å². The van der Waals surface area contributed by atoms with Crippen molar-refractivity contribution in [2.24, 2.45) is 13.0 Å². The van der Waals surface area contributed by atoms with Gasteiger partial charge in [0.15, 0.2) is 17.8 Å². The molecular weight excluding hydrogens is 869 g/mol. The minimum atomic E-state index is -1.21. The molecule has 8 rings (SSSR count). The molecule has 67 heavy (non-hydrogen) atoms. The Morgan fingerprint density at radius 2 is 1.64 bits per heavy atom. The number of nitrogens with one attached hydrogen (secondary N) is 1. The highest BCUT2D eigenvalue weighted by Gasteiger charge is 2.33. The first-order valence-electron chi connectivity index (χ1n) is 23.4. The molecule has 1 aromatic heterocycles. The fraction of sp³-hybridized carbons (Fsp3) is 0.442. The van der Waals surface area contributed by atoms with E-state index in [-0.39, 0.29) is 29.4 Å². The van der Waals surface area contributed by atoms with E-state index in [0.717, 1.165) is 99.0 Å². The Hall–Kier alpha value is -5.90. The number of carbonyl (C=O) groups excluding carboxylic acids is 4. The molecule has 4 heterocycles. The van der Waals surface area contributed by atoms with Crippen molar-refractivity contribution >= 4 is 45.7 Å². The molecule has 1 N–H and O–H groups in total. The molecule has 0 saturated carbocycles. The van der Waals surface area contributed by atoms with Crippen LogP contribution in [0.25, 0.3) is 10.9 Å². The Morgan fingerprint density at radius 1 is 0.910 bits per heavy atom. The van der Waals surface area contributed by atoms with Crippen LogP contribution in [-0.4, -0.2) is 118 Å². The summed E-state index contributed by atoms with van der Waals surface area (Å²) in [5.41, 5.74) is 5.34. The molecule has 5 aromatic rings. The zero-order valence-corrected chi connectivity index (χ0v) is 40.0. The van der Waals surface area contributed by atoms with Gasteiger partial charge in [0.1, 0.15) is 11.5 Å². The number of hydrogen-bond donors (Lipinski definition) is 1. The first-order valence-corrected chi connectivity index (χ1v) is 25.1. The zero-order valence-electron chi connectivity index (χ0n) is 39.2. The highest BCUT2D eigenvalue weighted by molar-refractivity contribution is 7.84. The number of carbonyl (C=O) groups is 4. The Kier molecular flexibility index (Phi) is 15.2. The number of methoxy groups -OCH3 is 1. The van der Waals surface area contributed by atoms with Crippen LogP contribution in [0.1, 0.15) is 106 Å². The van der Waals surface area contributed by atoms with Gasteiger partial charge in [-0.15, -0.1) is 0 Å². The first-order chi connectivity index (χ1) is 32.4. The lowest BCUT2D eigenvalue weighted by atomic mass is 9.86. The number of fused-ring (bicyclic) bond motifs is 1. The molecule has 14 nitrogen and oxygen atoms in total. The number of rotatable bonds is 17. The van der Waals surface area contributed by atoms with Gasteiger partial charge in [0.25, 0.3) is 5.91 Å². The van der Waals surface area contributed by atoms with Crippen LogP contribution >= 0.6 is 0 Å². The normalized spacial score (nSPS) is 18.6. The van der Waals surface area contributed by atoms with Crippen molar-refractivity contribution < 1.29 is 37.6 Å². The summed E-state index contributed by atoms with van der Waals surface area (Å²) in [6, 6.07) is 24.7. The van der Waals surface area contributed by atoms with Gasteiger partial charge in [0.2, 0.25) is 11.8 Å². The van der Waals surface area contributed by atoms with Gasteiger partial charge in [-0.1, -0.05) is 30.3 Å². The highest BCUT2D eigenvalue weighted by Crippen LogP contribution is 2.36. The van der Waals surface area contributed by atoms with Gasteiger partial charge in [0.05, 0.1) is 42.5 Å². The summed E-state index contributed by atoms with van der Waals surface area (Å²) in [7, 11) is 3.92. The Bertz CT molecular complexity index is 2620. The number of aldehydes is 1. The number of imide groups is 1. The summed E-state index contributed by atoms with van der Waals surface area (Å²) >= 11 is 0. The fourth-order valence-electron chi connectivity index (χ4n) is 10.0. The quantitative estimate of drug-likeness (QED) is 0.0734. The lowest BCUT2D eigenvalue weighted by molar-refractivity contribution is -0.134. The molecule has 4 aromatic carbocycles. The summed E-state index contributed by atoms with van der Waals surface area (Å²) in [4.78, 5) is 57.5. The summed E-state index contributed by atoms with van der Waals surface area (Å²) in [6.45, 7) is 8.40. The standard InChI is InChI=1S/C52H62N6O8S/c1-6-65-48-28-38(11-17-47(48)64-4)46(33-67(5)63)55(2)52(62)44-27-37(9-10-39(44)32-59)36-21-25-58(26-22-36)31-35-19-23-57(24-20-35)30-34-7-12-40(13-8-34)66-41-14-15-42-45(29-41)56(3)54-50(42)43-16-18-49(60)53-51(43)61/h7-15,17,27-29,32,35-36,43,46H,6,16,18-26,30-31,33H2,1-5H3,(H,53,60,61). The van der Waals surface area contributed by atoms with E-state index in [2.05, 4.69) is 32.3 Å². The van der Waals surface area contributed by atoms with Gasteiger partial charge < -0.3 is 24.0 Å². The van der Waals surface area contributed by atoms with Crippen molar-refractivity contribution in [3.05, 3.63) is 112 Å². The van der Waals surface area contributed by atoms with Gasteiger partial charge in [-0.3, -0.25) is 38.3 Å². The van der Waals surface area contributed by atoms with Crippen LogP contribution in [0.2, 0.25) is 0 Å². The van der Waals surface area contributed by atoms with Crippen LogP contribution in [-0.2, 0) is 34.0 Å². The number of likely N-dealkylation sites (tertiary alicyclic amines) is 2. The maximum absolute atomic E-state index is 14.2. The summed E-state index contributed by atoms with van der Waals surface area (Å²) in [5, 5.41) is 7.96. The van der Waals surface area contributed by atoms with E-state index in [1.165, 1.54) is 5.56 Å². The smallest absolute Gasteiger partial charge is 0.254 e. The first kappa shape index (κ1) is 47.6.